The van der Waals surface area contributed by atoms with Gasteiger partial charge in [-0.3, -0.25) is 0 Å². The maximum Gasteiger partial charge on any atom is 0.315 e. The third kappa shape index (κ3) is 3.45. The Bertz CT molecular complexity index is 397. The number of carbonyl (C=O) groups is 1. The molecule has 0 spiro atoms. The molecule has 18 heavy (non-hydrogen) atoms. The predicted octanol–water partition coefficient (Wildman–Crippen LogP) is 1.75. The molecule has 1 heterocycles. The lowest BCUT2D eigenvalue weighted by atomic mass is 9.96. The molecule has 0 radical (unpaired) electrons. The molecule has 0 aliphatic carbocycles. The summed E-state index contributed by atoms with van der Waals surface area (Å²) in [7, 11) is 1.85. The first-order valence-electron chi connectivity index (χ1n) is 6.34. The van der Waals surface area contributed by atoms with Gasteiger partial charge in [0, 0.05) is 12.6 Å². The summed E-state index contributed by atoms with van der Waals surface area (Å²) in [6.07, 6.45) is 3.41. The quantitative estimate of drug-likeness (QED) is 0.839. The molecule has 0 saturated carbocycles. The first kappa shape index (κ1) is 14.5. The van der Waals surface area contributed by atoms with Crippen LogP contribution in [0.15, 0.2) is 6.33 Å². The van der Waals surface area contributed by atoms with Gasteiger partial charge in [0.2, 0.25) is 0 Å². The van der Waals surface area contributed by atoms with Crippen molar-refractivity contribution in [3.8, 4) is 0 Å². The Balaban J connectivity index is 2.58. The number of hydrogen-bond donors (Lipinski definition) is 2. The van der Waals surface area contributed by atoms with E-state index in [0.29, 0.717) is 0 Å². The highest BCUT2D eigenvalue weighted by Crippen LogP contribution is 2.14. The molecule has 0 fully saturated rings. The van der Waals surface area contributed by atoms with Crippen LogP contribution in [-0.2, 0) is 7.05 Å². The summed E-state index contributed by atoms with van der Waals surface area (Å²) in [6.45, 7) is 8.06. The second-order valence-electron chi connectivity index (χ2n) is 4.89. The first-order valence-corrected chi connectivity index (χ1v) is 6.34. The third-order valence-electron chi connectivity index (χ3n) is 3.46. The standard InChI is InChI=1S/C12H23N5O/c1-6-12(4,7-2)15-11(18)14-9(3)10-16-13-8-17(10)5/h8-9H,6-7H2,1-5H3,(H2,14,15,18). The van der Waals surface area contributed by atoms with E-state index in [-0.39, 0.29) is 17.6 Å². The van der Waals surface area contributed by atoms with E-state index < -0.39 is 0 Å². The van der Waals surface area contributed by atoms with Crippen LogP contribution in [0.5, 0.6) is 0 Å². The minimum Gasteiger partial charge on any atom is -0.333 e. The summed E-state index contributed by atoms with van der Waals surface area (Å²) in [4.78, 5) is 11.9. The Kier molecular flexibility index (Phi) is 4.69. The number of nitrogens with zero attached hydrogens (tertiary/aromatic N) is 3. The molecular formula is C12H23N5O. The lowest BCUT2D eigenvalue weighted by Crippen LogP contribution is -2.50. The number of amides is 2. The molecule has 2 N–H and O–H groups in total. The van der Waals surface area contributed by atoms with Crippen molar-refractivity contribution in [2.24, 2.45) is 7.05 Å². The smallest absolute Gasteiger partial charge is 0.315 e. The molecule has 102 valence electrons. The largest absolute Gasteiger partial charge is 0.333 e. The molecule has 1 rings (SSSR count). The molecule has 1 aromatic rings. The van der Waals surface area contributed by atoms with Crippen LogP contribution in [0.1, 0.15) is 52.4 Å². The van der Waals surface area contributed by atoms with Crippen LogP contribution in [0.4, 0.5) is 4.79 Å². The fourth-order valence-corrected chi connectivity index (χ4v) is 1.68. The zero-order valence-electron chi connectivity index (χ0n) is 11.8. The van der Waals surface area contributed by atoms with Crippen molar-refractivity contribution in [1.29, 1.82) is 0 Å². The van der Waals surface area contributed by atoms with Gasteiger partial charge < -0.3 is 15.2 Å². The minimum atomic E-state index is -0.171. The van der Waals surface area contributed by atoms with Crippen LogP contribution < -0.4 is 10.6 Å². The van der Waals surface area contributed by atoms with Gasteiger partial charge in [0.1, 0.15) is 6.33 Å². The average Bonchev–Trinajstić information content (AvgIpc) is 2.75. The van der Waals surface area contributed by atoms with Crippen molar-refractivity contribution in [3.63, 3.8) is 0 Å². The van der Waals surface area contributed by atoms with Crippen LogP contribution in [0, 0.1) is 0 Å². The molecule has 0 aromatic carbocycles. The van der Waals surface area contributed by atoms with Gasteiger partial charge in [0.05, 0.1) is 6.04 Å². The first-order chi connectivity index (χ1) is 8.41. The highest BCUT2D eigenvalue weighted by molar-refractivity contribution is 5.75. The average molecular weight is 253 g/mol. The zero-order valence-corrected chi connectivity index (χ0v) is 11.8. The van der Waals surface area contributed by atoms with Gasteiger partial charge in [-0.25, -0.2) is 4.79 Å². The normalized spacial score (nSPS) is 13.2. The van der Waals surface area contributed by atoms with Gasteiger partial charge in [0.15, 0.2) is 5.82 Å². The number of aromatic nitrogens is 3. The van der Waals surface area contributed by atoms with E-state index in [1.807, 2.05) is 20.9 Å². The van der Waals surface area contributed by atoms with Gasteiger partial charge in [-0.15, -0.1) is 10.2 Å². The lowest BCUT2D eigenvalue weighted by Gasteiger charge is -2.29. The van der Waals surface area contributed by atoms with Crippen molar-refractivity contribution in [2.75, 3.05) is 0 Å². The molecule has 6 nitrogen and oxygen atoms in total. The van der Waals surface area contributed by atoms with Crippen LogP contribution in [-0.4, -0.2) is 26.3 Å². The van der Waals surface area contributed by atoms with E-state index in [1.54, 1.807) is 10.9 Å². The molecule has 0 saturated heterocycles. The van der Waals surface area contributed by atoms with Crippen molar-refractivity contribution < 1.29 is 4.79 Å². The number of carbonyl (C=O) groups excluding carboxylic acids is 1. The Labute approximate surface area is 108 Å². The highest BCUT2D eigenvalue weighted by atomic mass is 16.2. The monoisotopic (exact) mass is 253 g/mol. The van der Waals surface area contributed by atoms with Crippen LogP contribution in [0.3, 0.4) is 0 Å². The van der Waals surface area contributed by atoms with Crippen molar-refractivity contribution in [2.45, 2.75) is 52.1 Å². The van der Waals surface area contributed by atoms with E-state index in [2.05, 4.69) is 34.7 Å². The summed E-state index contributed by atoms with van der Waals surface area (Å²) in [5.41, 5.74) is -0.163. The van der Waals surface area contributed by atoms with E-state index >= 15 is 0 Å². The van der Waals surface area contributed by atoms with Crippen molar-refractivity contribution in [1.82, 2.24) is 25.4 Å². The molecule has 0 aliphatic rings. The molecule has 0 bridgehead atoms. The third-order valence-corrected chi connectivity index (χ3v) is 3.46. The summed E-state index contributed by atoms with van der Waals surface area (Å²) < 4.78 is 1.80. The van der Waals surface area contributed by atoms with Crippen LogP contribution in [0.2, 0.25) is 0 Å². The summed E-state index contributed by atoms with van der Waals surface area (Å²) in [6, 6.07) is -0.341. The zero-order chi connectivity index (χ0) is 13.8. The van der Waals surface area contributed by atoms with Gasteiger partial charge in [-0.1, -0.05) is 13.8 Å². The number of rotatable bonds is 5. The number of urea groups is 1. The molecular weight excluding hydrogens is 230 g/mol. The molecule has 1 aromatic heterocycles. The van der Waals surface area contributed by atoms with E-state index in [0.717, 1.165) is 18.7 Å². The maximum absolute atomic E-state index is 11.9. The fraction of sp³-hybridized carbons (Fsp3) is 0.750. The Morgan fingerprint density at radius 1 is 1.50 bits per heavy atom. The Morgan fingerprint density at radius 3 is 2.56 bits per heavy atom. The second-order valence-corrected chi connectivity index (χ2v) is 4.89. The van der Waals surface area contributed by atoms with E-state index in [1.165, 1.54) is 0 Å². The summed E-state index contributed by atoms with van der Waals surface area (Å²) in [5, 5.41) is 13.6. The lowest BCUT2D eigenvalue weighted by molar-refractivity contribution is 0.221. The van der Waals surface area contributed by atoms with Gasteiger partial charge in [-0.2, -0.15) is 0 Å². The molecule has 6 heteroatoms. The van der Waals surface area contributed by atoms with Gasteiger partial charge in [0.25, 0.3) is 0 Å². The van der Waals surface area contributed by atoms with Crippen molar-refractivity contribution in [3.05, 3.63) is 12.2 Å². The molecule has 0 aliphatic heterocycles. The molecule has 1 atom stereocenters. The second kappa shape index (κ2) is 5.84. The van der Waals surface area contributed by atoms with Crippen LogP contribution >= 0.6 is 0 Å². The summed E-state index contributed by atoms with van der Waals surface area (Å²) >= 11 is 0. The summed E-state index contributed by atoms with van der Waals surface area (Å²) in [5.74, 6) is 0.736. The number of aryl methyl sites for hydroxylation is 1. The number of nitrogens with one attached hydrogen (secondary N) is 2. The molecule has 1 unspecified atom stereocenters. The number of hydrogen-bond acceptors (Lipinski definition) is 3. The van der Waals surface area contributed by atoms with E-state index in [4.69, 9.17) is 0 Å². The van der Waals surface area contributed by atoms with Crippen LogP contribution in [0.25, 0.3) is 0 Å². The maximum atomic E-state index is 11.9. The predicted molar refractivity (Wildman–Crippen MR) is 70.1 cm³/mol. The topological polar surface area (TPSA) is 71.8 Å². The SMILES string of the molecule is CCC(C)(CC)NC(=O)NC(C)c1nncn1C. The fourth-order valence-electron chi connectivity index (χ4n) is 1.68. The Morgan fingerprint density at radius 2 is 2.11 bits per heavy atom. The van der Waals surface area contributed by atoms with E-state index in [9.17, 15) is 4.79 Å². The highest BCUT2D eigenvalue weighted by Gasteiger charge is 2.23. The van der Waals surface area contributed by atoms with Gasteiger partial charge >= 0.3 is 6.03 Å². The van der Waals surface area contributed by atoms with Gasteiger partial charge in [-0.05, 0) is 26.7 Å². The minimum absolute atomic E-state index is 0.163. The van der Waals surface area contributed by atoms with Crippen molar-refractivity contribution >= 4 is 6.03 Å². The molecule has 2 amide bonds. The Hall–Kier alpha value is -1.59.